The fourth-order valence-corrected chi connectivity index (χ4v) is 2.19. The minimum Gasteiger partial charge on any atom is -0.341 e. The molecular weight excluding hydrogens is 222 g/mol. The minimum absolute atomic E-state index is 0.0975. The van der Waals surface area contributed by atoms with Crippen LogP contribution in [0, 0.1) is 5.92 Å². The van der Waals surface area contributed by atoms with E-state index in [-0.39, 0.29) is 11.8 Å². The van der Waals surface area contributed by atoms with Crippen LogP contribution < -0.4 is 0 Å². The first-order chi connectivity index (χ1) is 7.58. The summed E-state index contributed by atoms with van der Waals surface area (Å²) in [5.74, 6) is 0.806. The van der Waals surface area contributed by atoms with Crippen molar-refractivity contribution < 1.29 is 4.79 Å². The van der Waals surface area contributed by atoms with Gasteiger partial charge in [-0.2, -0.15) is 0 Å². The first-order valence-electron chi connectivity index (χ1n) is 5.62. The lowest BCUT2D eigenvalue weighted by Crippen LogP contribution is -2.49. The molecule has 0 atom stereocenters. The van der Waals surface area contributed by atoms with Crippen molar-refractivity contribution in [3.8, 4) is 0 Å². The highest BCUT2D eigenvalue weighted by Crippen LogP contribution is 2.29. The highest BCUT2D eigenvalue weighted by Gasteiger charge is 2.32. The Hall–Kier alpha value is -1.02. The standard InChI is InChI=1S/C13H16ClNO/c1-9(2)13(16)15-7-11(8-15)10-4-3-5-12(14)6-10/h3-6,9,11H,7-8H2,1-2H3. The molecular formula is C13H16ClNO. The second-order valence-corrected chi connectivity index (χ2v) is 5.09. The van der Waals surface area contributed by atoms with Crippen LogP contribution in [0.25, 0.3) is 0 Å². The molecule has 2 rings (SSSR count). The van der Waals surface area contributed by atoms with Crippen molar-refractivity contribution >= 4 is 17.5 Å². The molecule has 1 aromatic rings. The van der Waals surface area contributed by atoms with Gasteiger partial charge in [-0.1, -0.05) is 37.6 Å². The monoisotopic (exact) mass is 237 g/mol. The smallest absolute Gasteiger partial charge is 0.225 e. The molecule has 3 heteroatoms. The van der Waals surface area contributed by atoms with Crippen LogP contribution in [0.5, 0.6) is 0 Å². The van der Waals surface area contributed by atoms with Crippen molar-refractivity contribution in [1.82, 2.24) is 4.90 Å². The van der Waals surface area contributed by atoms with E-state index in [1.54, 1.807) is 0 Å². The minimum atomic E-state index is 0.0975. The molecule has 0 aliphatic carbocycles. The van der Waals surface area contributed by atoms with Crippen LogP contribution in [0.1, 0.15) is 25.3 Å². The summed E-state index contributed by atoms with van der Waals surface area (Å²) in [6, 6.07) is 7.91. The third-order valence-electron chi connectivity index (χ3n) is 3.01. The quantitative estimate of drug-likeness (QED) is 0.775. The molecule has 0 aromatic heterocycles. The average Bonchev–Trinajstić information content (AvgIpc) is 2.15. The number of likely N-dealkylation sites (tertiary alicyclic amines) is 1. The Morgan fingerprint density at radius 3 is 2.69 bits per heavy atom. The highest BCUT2D eigenvalue weighted by molar-refractivity contribution is 6.30. The molecule has 0 N–H and O–H groups in total. The molecule has 0 bridgehead atoms. The molecule has 0 radical (unpaired) electrons. The third-order valence-corrected chi connectivity index (χ3v) is 3.24. The van der Waals surface area contributed by atoms with Crippen molar-refractivity contribution in [1.29, 1.82) is 0 Å². The molecule has 1 aliphatic rings. The lowest BCUT2D eigenvalue weighted by atomic mass is 9.90. The van der Waals surface area contributed by atoms with Gasteiger partial charge in [-0.05, 0) is 17.7 Å². The number of carbonyl (C=O) groups is 1. The Balaban J connectivity index is 1.96. The third kappa shape index (κ3) is 2.22. The summed E-state index contributed by atoms with van der Waals surface area (Å²) in [6.45, 7) is 5.54. The van der Waals surface area contributed by atoms with Gasteiger partial charge < -0.3 is 4.90 Å². The van der Waals surface area contributed by atoms with E-state index in [4.69, 9.17) is 11.6 Å². The van der Waals surface area contributed by atoms with Crippen molar-refractivity contribution in [2.45, 2.75) is 19.8 Å². The van der Waals surface area contributed by atoms with E-state index in [0.717, 1.165) is 18.1 Å². The van der Waals surface area contributed by atoms with Crippen molar-refractivity contribution in [3.63, 3.8) is 0 Å². The Morgan fingerprint density at radius 2 is 2.12 bits per heavy atom. The molecule has 16 heavy (non-hydrogen) atoms. The van der Waals surface area contributed by atoms with E-state index >= 15 is 0 Å². The normalized spacial score (nSPS) is 16.4. The molecule has 0 spiro atoms. The van der Waals surface area contributed by atoms with Gasteiger partial charge in [0.1, 0.15) is 0 Å². The van der Waals surface area contributed by atoms with Crippen LogP contribution in [0.2, 0.25) is 5.02 Å². The Morgan fingerprint density at radius 1 is 1.44 bits per heavy atom. The predicted octanol–water partition coefficient (Wildman–Crippen LogP) is 2.92. The first kappa shape index (κ1) is 11.5. The second kappa shape index (κ2) is 4.46. The van der Waals surface area contributed by atoms with Gasteiger partial charge in [-0.15, -0.1) is 0 Å². The number of benzene rings is 1. The van der Waals surface area contributed by atoms with Crippen LogP contribution >= 0.6 is 11.6 Å². The zero-order valence-corrected chi connectivity index (χ0v) is 10.4. The Bertz CT molecular complexity index is 397. The number of hydrogen-bond acceptors (Lipinski definition) is 1. The molecule has 2 nitrogen and oxygen atoms in total. The van der Waals surface area contributed by atoms with E-state index in [9.17, 15) is 4.79 Å². The second-order valence-electron chi connectivity index (χ2n) is 4.65. The van der Waals surface area contributed by atoms with Gasteiger partial charge in [-0.3, -0.25) is 4.79 Å². The van der Waals surface area contributed by atoms with Crippen LogP contribution in [-0.4, -0.2) is 23.9 Å². The van der Waals surface area contributed by atoms with Gasteiger partial charge in [0.2, 0.25) is 5.91 Å². The fraction of sp³-hybridized carbons (Fsp3) is 0.462. The number of amides is 1. The highest BCUT2D eigenvalue weighted by atomic mass is 35.5. The number of nitrogens with zero attached hydrogens (tertiary/aromatic N) is 1. The number of rotatable bonds is 2. The summed E-state index contributed by atoms with van der Waals surface area (Å²) in [4.78, 5) is 13.6. The molecule has 86 valence electrons. The molecule has 1 saturated heterocycles. The van der Waals surface area contributed by atoms with Crippen LogP contribution in [0.15, 0.2) is 24.3 Å². The summed E-state index contributed by atoms with van der Waals surface area (Å²) in [5.41, 5.74) is 1.24. The largest absolute Gasteiger partial charge is 0.341 e. The fourth-order valence-electron chi connectivity index (χ4n) is 2.00. The lowest BCUT2D eigenvalue weighted by Gasteiger charge is -2.40. The zero-order valence-electron chi connectivity index (χ0n) is 9.61. The molecule has 1 heterocycles. The summed E-state index contributed by atoms with van der Waals surface area (Å²) in [7, 11) is 0. The van der Waals surface area contributed by atoms with Gasteiger partial charge >= 0.3 is 0 Å². The van der Waals surface area contributed by atoms with Gasteiger partial charge in [-0.25, -0.2) is 0 Å². The van der Waals surface area contributed by atoms with Gasteiger partial charge in [0.25, 0.3) is 0 Å². The summed E-state index contributed by atoms with van der Waals surface area (Å²) in [6.07, 6.45) is 0. The molecule has 0 unspecified atom stereocenters. The first-order valence-corrected chi connectivity index (χ1v) is 6.00. The Labute approximate surface area is 101 Å². The van der Waals surface area contributed by atoms with E-state index in [0.29, 0.717) is 5.92 Å². The SMILES string of the molecule is CC(C)C(=O)N1CC(c2cccc(Cl)c2)C1. The van der Waals surface area contributed by atoms with Gasteiger partial charge in [0, 0.05) is 29.9 Å². The van der Waals surface area contributed by atoms with Crippen LogP contribution in [0.3, 0.4) is 0 Å². The summed E-state index contributed by atoms with van der Waals surface area (Å²) in [5, 5.41) is 0.770. The molecule has 0 saturated carbocycles. The van der Waals surface area contributed by atoms with E-state index in [2.05, 4.69) is 6.07 Å². The van der Waals surface area contributed by atoms with Crippen molar-refractivity contribution in [2.24, 2.45) is 5.92 Å². The molecule has 1 amide bonds. The summed E-state index contributed by atoms with van der Waals surface area (Å²) >= 11 is 5.94. The van der Waals surface area contributed by atoms with Crippen molar-refractivity contribution in [2.75, 3.05) is 13.1 Å². The van der Waals surface area contributed by atoms with E-state index < -0.39 is 0 Å². The molecule has 1 aliphatic heterocycles. The number of carbonyl (C=O) groups excluding carboxylic acids is 1. The van der Waals surface area contributed by atoms with Crippen LogP contribution in [-0.2, 0) is 4.79 Å². The Kier molecular flexibility index (Phi) is 3.20. The van der Waals surface area contributed by atoms with E-state index in [1.165, 1.54) is 5.56 Å². The predicted molar refractivity (Wildman–Crippen MR) is 65.6 cm³/mol. The van der Waals surface area contributed by atoms with E-state index in [1.807, 2.05) is 36.9 Å². The van der Waals surface area contributed by atoms with Crippen molar-refractivity contribution in [3.05, 3.63) is 34.9 Å². The number of hydrogen-bond donors (Lipinski definition) is 0. The van der Waals surface area contributed by atoms with Crippen LogP contribution in [0.4, 0.5) is 0 Å². The molecule has 1 aromatic carbocycles. The zero-order chi connectivity index (χ0) is 11.7. The maximum absolute atomic E-state index is 11.7. The topological polar surface area (TPSA) is 20.3 Å². The van der Waals surface area contributed by atoms with Gasteiger partial charge in [0.05, 0.1) is 0 Å². The summed E-state index contributed by atoms with van der Waals surface area (Å²) < 4.78 is 0. The average molecular weight is 238 g/mol. The molecule has 1 fully saturated rings. The maximum Gasteiger partial charge on any atom is 0.225 e. The maximum atomic E-state index is 11.7. The lowest BCUT2D eigenvalue weighted by molar-refractivity contribution is -0.138. The van der Waals surface area contributed by atoms with Gasteiger partial charge in [0.15, 0.2) is 0 Å². The number of halogens is 1.